The van der Waals surface area contributed by atoms with Crippen LogP contribution < -0.4 is 5.32 Å². The topological polar surface area (TPSA) is 104 Å². The molecule has 33 heavy (non-hydrogen) atoms. The Morgan fingerprint density at radius 2 is 1.55 bits per heavy atom. The maximum Gasteiger partial charge on any atom is 0.243 e. The summed E-state index contributed by atoms with van der Waals surface area (Å²) in [7, 11) is -7.46. The molecule has 0 spiro atoms. The molecule has 2 aliphatic rings. The van der Waals surface area contributed by atoms with Crippen LogP contribution in [-0.4, -0.2) is 57.0 Å². The zero-order valence-corrected chi connectivity index (χ0v) is 20.2. The largest absolute Gasteiger partial charge is 0.325 e. The van der Waals surface area contributed by atoms with Gasteiger partial charge in [-0.05, 0) is 62.9 Å². The van der Waals surface area contributed by atoms with Gasteiger partial charge in [0.2, 0.25) is 26.0 Å². The maximum atomic E-state index is 13.1. The van der Waals surface area contributed by atoms with Crippen LogP contribution in [0.25, 0.3) is 0 Å². The SMILES string of the molecule is Cc1ccc(S(=O)(=O)N2CCCC2C(=O)Nc2cccc(S(=O)(=O)N3CCCCC3)c2)cc1. The number of carbonyl (C=O) groups excluding carboxylic acids is 1. The normalized spacial score (nSPS) is 20.6. The second-order valence-corrected chi connectivity index (χ2v) is 12.4. The molecule has 8 nitrogen and oxygen atoms in total. The lowest BCUT2D eigenvalue weighted by Crippen LogP contribution is -2.43. The highest BCUT2D eigenvalue weighted by Crippen LogP contribution is 2.28. The van der Waals surface area contributed by atoms with Crippen molar-refractivity contribution in [1.29, 1.82) is 0 Å². The van der Waals surface area contributed by atoms with Crippen LogP contribution in [0.15, 0.2) is 58.3 Å². The van der Waals surface area contributed by atoms with Crippen molar-refractivity contribution >= 4 is 31.6 Å². The van der Waals surface area contributed by atoms with E-state index < -0.39 is 32.0 Å². The molecule has 2 aromatic carbocycles. The Kier molecular flexibility index (Phi) is 6.90. The number of sulfonamides is 2. The number of nitrogens with zero attached hydrogens (tertiary/aromatic N) is 2. The third-order valence-corrected chi connectivity index (χ3v) is 10.0. The van der Waals surface area contributed by atoms with Crippen molar-refractivity contribution < 1.29 is 21.6 Å². The average Bonchev–Trinajstić information content (AvgIpc) is 3.31. The van der Waals surface area contributed by atoms with E-state index in [9.17, 15) is 21.6 Å². The molecule has 1 atom stereocenters. The predicted octanol–water partition coefficient (Wildman–Crippen LogP) is 2.96. The summed E-state index contributed by atoms with van der Waals surface area (Å²) >= 11 is 0. The standard InChI is InChI=1S/C23H29N3O5S2/c1-18-10-12-20(13-11-18)33(30,31)26-16-6-9-22(26)23(27)24-19-7-5-8-21(17-19)32(28,29)25-14-3-2-4-15-25/h5,7-8,10-13,17,22H,2-4,6,9,14-16H2,1H3,(H,24,27). The summed E-state index contributed by atoms with van der Waals surface area (Å²) < 4.78 is 54.9. The summed E-state index contributed by atoms with van der Waals surface area (Å²) in [5.74, 6) is -0.462. The number of amides is 1. The van der Waals surface area contributed by atoms with Crippen molar-refractivity contribution in [3.8, 4) is 0 Å². The fourth-order valence-electron chi connectivity index (χ4n) is 4.35. The first-order chi connectivity index (χ1) is 15.7. The minimum atomic E-state index is -3.82. The Balaban J connectivity index is 1.52. The van der Waals surface area contributed by atoms with Crippen LogP contribution in [-0.2, 0) is 24.8 Å². The number of benzene rings is 2. The van der Waals surface area contributed by atoms with Gasteiger partial charge in [-0.3, -0.25) is 4.79 Å². The van der Waals surface area contributed by atoms with Gasteiger partial charge in [0.05, 0.1) is 9.79 Å². The van der Waals surface area contributed by atoms with Crippen LogP contribution in [0.3, 0.4) is 0 Å². The first kappa shape index (κ1) is 23.9. The molecule has 1 N–H and O–H groups in total. The van der Waals surface area contributed by atoms with Gasteiger partial charge in [-0.25, -0.2) is 16.8 Å². The van der Waals surface area contributed by atoms with E-state index >= 15 is 0 Å². The summed E-state index contributed by atoms with van der Waals surface area (Å²) in [6.07, 6.45) is 3.67. The molecule has 0 radical (unpaired) electrons. The summed E-state index contributed by atoms with van der Waals surface area (Å²) in [6, 6.07) is 11.9. The molecule has 0 aliphatic carbocycles. The van der Waals surface area contributed by atoms with E-state index in [1.54, 1.807) is 36.4 Å². The first-order valence-electron chi connectivity index (χ1n) is 11.2. The predicted molar refractivity (Wildman–Crippen MR) is 126 cm³/mol. The molecular formula is C23H29N3O5S2. The molecule has 178 valence electrons. The van der Waals surface area contributed by atoms with Gasteiger partial charge in [0.1, 0.15) is 6.04 Å². The highest BCUT2D eigenvalue weighted by atomic mass is 32.2. The van der Waals surface area contributed by atoms with E-state index in [4.69, 9.17) is 0 Å². The highest BCUT2D eigenvalue weighted by molar-refractivity contribution is 7.89. The smallest absolute Gasteiger partial charge is 0.243 e. The van der Waals surface area contributed by atoms with Crippen LogP contribution in [0, 0.1) is 6.92 Å². The second kappa shape index (κ2) is 9.54. The third-order valence-electron chi connectivity index (χ3n) is 6.19. The average molecular weight is 492 g/mol. The molecule has 4 rings (SSSR count). The number of rotatable bonds is 6. The lowest BCUT2D eigenvalue weighted by atomic mass is 10.2. The summed E-state index contributed by atoms with van der Waals surface area (Å²) in [5.41, 5.74) is 1.28. The molecule has 2 saturated heterocycles. The maximum absolute atomic E-state index is 13.1. The zero-order chi connectivity index (χ0) is 23.6. The quantitative estimate of drug-likeness (QED) is 0.669. The fourth-order valence-corrected chi connectivity index (χ4v) is 7.57. The van der Waals surface area contributed by atoms with Crippen LogP contribution in [0.2, 0.25) is 0 Å². The van der Waals surface area contributed by atoms with E-state index in [-0.39, 0.29) is 16.3 Å². The van der Waals surface area contributed by atoms with Crippen LogP contribution >= 0.6 is 0 Å². The van der Waals surface area contributed by atoms with E-state index in [0.717, 1.165) is 24.8 Å². The number of piperidine rings is 1. The van der Waals surface area contributed by atoms with Gasteiger partial charge in [0.25, 0.3) is 0 Å². The van der Waals surface area contributed by atoms with Gasteiger partial charge >= 0.3 is 0 Å². The Bertz CT molecular complexity index is 1220. The second-order valence-electron chi connectivity index (χ2n) is 8.57. The molecule has 10 heteroatoms. The molecule has 0 aromatic heterocycles. The lowest BCUT2D eigenvalue weighted by Gasteiger charge is -2.26. The Morgan fingerprint density at radius 1 is 0.848 bits per heavy atom. The molecule has 2 aromatic rings. The number of carbonyl (C=O) groups is 1. The molecule has 2 fully saturated rings. The van der Waals surface area contributed by atoms with Crippen LogP contribution in [0.5, 0.6) is 0 Å². The van der Waals surface area contributed by atoms with Gasteiger partial charge in [0, 0.05) is 25.3 Å². The molecule has 0 bridgehead atoms. The van der Waals surface area contributed by atoms with Gasteiger partial charge in [-0.1, -0.05) is 30.2 Å². The van der Waals surface area contributed by atoms with Crippen molar-refractivity contribution in [2.75, 3.05) is 25.0 Å². The summed E-state index contributed by atoms with van der Waals surface area (Å²) in [5, 5.41) is 2.73. The third kappa shape index (κ3) is 4.98. The Morgan fingerprint density at radius 3 is 2.24 bits per heavy atom. The van der Waals surface area contributed by atoms with E-state index in [0.29, 0.717) is 31.6 Å². The van der Waals surface area contributed by atoms with E-state index in [1.165, 1.54) is 20.7 Å². The summed E-state index contributed by atoms with van der Waals surface area (Å²) in [6.45, 7) is 3.12. The number of nitrogens with one attached hydrogen (secondary N) is 1. The van der Waals surface area contributed by atoms with Crippen molar-refractivity contribution in [1.82, 2.24) is 8.61 Å². The number of hydrogen-bond acceptors (Lipinski definition) is 5. The molecule has 2 heterocycles. The van der Waals surface area contributed by atoms with E-state index in [1.807, 2.05) is 6.92 Å². The molecule has 0 saturated carbocycles. The van der Waals surface area contributed by atoms with E-state index in [2.05, 4.69) is 5.32 Å². The number of hydrogen-bond donors (Lipinski definition) is 1. The van der Waals surface area contributed by atoms with Crippen molar-refractivity contribution in [3.05, 3.63) is 54.1 Å². The van der Waals surface area contributed by atoms with Crippen LogP contribution in [0.4, 0.5) is 5.69 Å². The number of aryl methyl sites for hydroxylation is 1. The molecule has 2 aliphatic heterocycles. The molecule has 1 unspecified atom stereocenters. The minimum Gasteiger partial charge on any atom is -0.325 e. The van der Waals surface area contributed by atoms with Gasteiger partial charge in [-0.15, -0.1) is 0 Å². The van der Waals surface area contributed by atoms with Crippen molar-refractivity contribution in [2.45, 2.75) is 54.9 Å². The molecule has 1 amide bonds. The van der Waals surface area contributed by atoms with Crippen molar-refractivity contribution in [3.63, 3.8) is 0 Å². The molecular weight excluding hydrogens is 462 g/mol. The minimum absolute atomic E-state index is 0.123. The van der Waals surface area contributed by atoms with Gasteiger partial charge < -0.3 is 5.32 Å². The zero-order valence-electron chi connectivity index (χ0n) is 18.6. The highest BCUT2D eigenvalue weighted by Gasteiger charge is 2.39. The number of anilines is 1. The van der Waals surface area contributed by atoms with Crippen LogP contribution in [0.1, 0.15) is 37.7 Å². The Labute approximate surface area is 195 Å². The van der Waals surface area contributed by atoms with Gasteiger partial charge in [0.15, 0.2) is 0 Å². The lowest BCUT2D eigenvalue weighted by molar-refractivity contribution is -0.119. The first-order valence-corrected chi connectivity index (χ1v) is 14.1. The Hall–Kier alpha value is -2.27. The van der Waals surface area contributed by atoms with Gasteiger partial charge in [-0.2, -0.15) is 8.61 Å². The fraction of sp³-hybridized carbons (Fsp3) is 0.435. The monoisotopic (exact) mass is 491 g/mol. The summed E-state index contributed by atoms with van der Waals surface area (Å²) in [4.78, 5) is 13.3. The van der Waals surface area contributed by atoms with Crippen molar-refractivity contribution in [2.24, 2.45) is 0 Å².